The van der Waals surface area contributed by atoms with Crippen molar-refractivity contribution in [1.29, 1.82) is 0 Å². The van der Waals surface area contributed by atoms with Crippen LogP contribution in [0.25, 0.3) is 16.5 Å². The summed E-state index contributed by atoms with van der Waals surface area (Å²) in [6.07, 6.45) is 0.792. The number of alkyl halides is 2. The number of nitrogens with zero attached hydrogens (tertiary/aromatic N) is 3. The smallest absolute Gasteiger partial charge is 0.205 e. The highest BCUT2D eigenvalue weighted by Gasteiger charge is 2.05. The Morgan fingerprint density at radius 2 is 2.27 bits per heavy atom. The summed E-state index contributed by atoms with van der Waals surface area (Å²) in [5.41, 5.74) is 8.66. The maximum Gasteiger partial charge on any atom is 0.263 e. The molecule has 0 saturated carbocycles. The van der Waals surface area contributed by atoms with Gasteiger partial charge in [0.05, 0.1) is 0 Å². The van der Waals surface area contributed by atoms with Crippen molar-refractivity contribution in [3.8, 4) is 0 Å². The van der Waals surface area contributed by atoms with Gasteiger partial charge in [0.1, 0.15) is 0 Å². The van der Waals surface area contributed by atoms with Crippen LogP contribution in [0.5, 0.6) is 0 Å². The predicted molar refractivity (Wildman–Crippen MR) is 54.4 cm³/mol. The predicted octanol–water partition coefficient (Wildman–Crippen LogP) is 3.95. The van der Waals surface area contributed by atoms with E-state index in [0.717, 1.165) is 0 Å². The minimum atomic E-state index is -2.46. The Hall–Kier alpha value is -1.87. The summed E-state index contributed by atoms with van der Waals surface area (Å²) in [6.45, 7) is 0.218. The van der Waals surface area contributed by atoms with E-state index in [1.807, 2.05) is 0 Å². The highest BCUT2D eigenvalue weighted by atomic mass is 19.3. The van der Waals surface area contributed by atoms with Crippen molar-refractivity contribution in [3.05, 3.63) is 51.9 Å². The lowest BCUT2D eigenvalue weighted by atomic mass is 10.1. The van der Waals surface area contributed by atoms with Crippen LogP contribution in [0.1, 0.15) is 17.6 Å². The van der Waals surface area contributed by atoms with Gasteiger partial charge in [-0.15, -0.1) is 0 Å². The number of rotatable bonds is 4. The molecule has 0 aliphatic heterocycles. The van der Waals surface area contributed by atoms with E-state index in [1.165, 1.54) is 12.1 Å². The summed E-state index contributed by atoms with van der Waals surface area (Å²) in [7, 11) is 0. The molecule has 0 amide bonds. The minimum Gasteiger partial charge on any atom is -0.205 e. The monoisotopic (exact) mass is 209 g/mol. The van der Waals surface area contributed by atoms with Gasteiger partial charge in [0.15, 0.2) is 0 Å². The number of halogens is 2. The Bertz CT molecular complexity index is 395. The van der Waals surface area contributed by atoms with E-state index in [0.29, 0.717) is 5.56 Å². The first-order valence-corrected chi connectivity index (χ1v) is 4.29. The van der Waals surface area contributed by atoms with Gasteiger partial charge in [-0.1, -0.05) is 35.5 Å². The van der Waals surface area contributed by atoms with E-state index in [2.05, 4.69) is 10.0 Å². The molecule has 0 atom stereocenters. The summed E-state index contributed by atoms with van der Waals surface area (Å²) in [6, 6.07) is 6.04. The zero-order valence-corrected chi connectivity index (χ0v) is 7.85. The van der Waals surface area contributed by atoms with Crippen molar-refractivity contribution in [2.45, 2.75) is 6.43 Å². The van der Waals surface area contributed by atoms with E-state index in [1.54, 1.807) is 24.3 Å². The Morgan fingerprint density at radius 3 is 2.93 bits per heavy atom. The van der Waals surface area contributed by atoms with E-state index in [4.69, 9.17) is 5.53 Å². The SMILES string of the molecule is [N-]=[N+]=NCC=Cc1cccc(C(F)F)c1. The molecule has 5 heteroatoms. The van der Waals surface area contributed by atoms with Crippen LogP contribution in [-0.4, -0.2) is 6.54 Å². The lowest BCUT2D eigenvalue weighted by molar-refractivity contribution is 0.151. The highest BCUT2D eigenvalue weighted by molar-refractivity contribution is 5.50. The molecule has 0 saturated heterocycles. The Balaban J connectivity index is 2.73. The van der Waals surface area contributed by atoms with E-state index >= 15 is 0 Å². The zero-order chi connectivity index (χ0) is 11.1. The molecule has 3 nitrogen and oxygen atoms in total. The molecule has 0 aliphatic rings. The van der Waals surface area contributed by atoms with Gasteiger partial charge in [-0.25, -0.2) is 8.78 Å². The summed E-state index contributed by atoms with van der Waals surface area (Å²) >= 11 is 0. The van der Waals surface area contributed by atoms with E-state index < -0.39 is 6.43 Å². The van der Waals surface area contributed by atoms with Crippen LogP contribution < -0.4 is 0 Å². The quantitative estimate of drug-likeness (QED) is 0.409. The third kappa shape index (κ3) is 3.79. The molecule has 15 heavy (non-hydrogen) atoms. The molecule has 1 aromatic carbocycles. The van der Waals surface area contributed by atoms with Crippen LogP contribution in [0.15, 0.2) is 35.5 Å². The molecular weight excluding hydrogens is 200 g/mol. The molecule has 0 unspecified atom stereocenters. The van der Waals surface area contributed by atoms with E-state index in [9.17, 15) is 8.78 Å². The van der Waals surface area contributed by atoms with Crippen LogP contribution in [0.4, 0.5) is 8.78 Å². The van der Waals surface area contributed by atoms with Crippen LogP contribution in [0.3, 0.4) is 0 Å². The lowest BCUT2D eigenvalue weighted by Gasteiger charge is -1.99. The molecule has 0 fully saturated rings. The van der Waals surface area contributed by atoms with Crippen molar-refractivity contribution in [2.75, 3.05) is 6.54 Å². The standard InChI is InChI=1S/C10H9F2N3/c11-10(12)9-5-1-3-8(7-9)4-2-6-14-15-13/h1-5,7,10H,6H2. The minimum absolute atomic E-state index is 0.0130. The summed E-state index contributed by atoms with van der Waals surface area (Å²) in [5.74, 6) is 0. The van der Waals surface area contributed by atoms with Gasteiger partial charge >= 0.3 is 0 Å². The number of hydrogen-bond donors (Lipinski definition) is 0. The molecule has 0 aromatic heterocycles. The first kappa shape index (κ1) is 11.2. The Kier molecular flexibility index (Phi) is 4.31. The van der Waals surface area contributed by atoms with Gasteiger partial charge in [0, 0.05) is 17.0 Å². The summed E-state index contributed by atoms with van der Waals surface area (Å²) in [5, 5.41) is 3.29. The van der Waals surface area contributed by atoms with Gasteiger partial charge in [-0.2, -0.15) is 0 Å². The van der Waals surface area contributed by atoms with Gasteiger partial charge in [0.2, 0.25) is 0 Å². The average molecular weight is 209 g/mol. The number of azide groups is 1. The van der Waals surface area contributed by atoms with Crippen LogP contribution >= 0.6 is 0 Å². The summed E-state index contributed by atoms with van der Waals surface area (Å²) in [4.78, 5) is 2.57. The third-order valence-corrected chi connectivity index (χ3v) is 1.72. The fourth-order valence-electron chi connectivity index (χ4n) is 1.07. The van der Waals surface area contributed by atoms with Gasteiger partial charge in [0.25, 0.3) is 6.43 Å². The van der Waals surface area contributed by atoms with Gasteiger partial charge in [-0.3, -0.25) is 0 Å². The molecule has 0 bridgehead atoms. The maximum atomic E-state index is 12.3. The first-order chi connectivity index (χ1) is 7.24. The van der Waals surface area contributed by atoms with Crippen molar-refractivity contribution in [3.63, 3.8) is 0 Å². The summed E-state index contributed by atoms with van der Waals surface area (Å²) < 4.78 is 24.6. The largest absolute Gasteiger partial charge is 0.263 e. The molecule has 1 aromatic rings. The van der Waals surface area contributed by atoms with Gasteiger partial charge < -0.3 is 0 Å². The molecule has 1 rings (SSSR count). The number of hydrogen-bond acceptors (Lipinski definition) is 1. The molecule has 78 valence electrons. The first-order valence-electron chi connectivity index (χ1n) is 4.29. The van der Waals surface area contributed by atoms with Crippen LogP contribution in [0, 0.1) is 0 Å². The second-order valence-electron chi connectivity index (χ2n) is 2.79. The lowest BCUT2D eigenvalue weighted by Crippen LogP contribution is -1.84. The second-order valence-corrected chi connectivity index (χ2v) is 2.79. The van der Waals surface area contributed by atoms with Crippen LogP contribution in [0.2, 0.25) is 0 Å². The fraction of sp³-hybridized carbons (Fsp3) is 0.200. The molecule has 0 aliphatic carbocycles. The third-order valence-electron chi connectivity index (χ3n) is 1.72. The van der Waals surface area contributed by atoms with Gasteiger partial charge in [-0.05, 0) is 17.2 Å². The van der Waals surface area contributed by atoms with Crippen LogP contribution in [-0.2, 0) is 0 Å². The normalized spacial score (nSPS) is 10.6. The maximum absolute atomic E-state index is 12.3. The Labute approximate surface area is 85.7 Å². The second kappa shape index (κ2) is 5.78. The zero-order valence-electron chi connectivity index (χ0n) is 7.85. The molecule has 0 N–H and O–H groups in total. The molecule has 0 radical (unpaired) electrons. The number of benzene rings is 1. The Morgan fingerprint density at radius 1 is 1.47 bits per heavy atom. The van der Waals surface area contributed by atoms with Crippen molar-refractivity contribution >= 4 is 6.08 Å². The highest BCUT2D eigenvalue weighted by Crippen LogP contribution is 2.19. The molecular formula is C10H9F2N3. The van der Waals surface area contributed by atoms with E-state index in [-0.39, 0.29) is 12.1 Å². The van der Waals surface area contributed by atoms with Crippen molar-refractivity contribution in [1.82, 2.24) is 0 Å². The van der Waals surface area contributed by atoms with Crippen molar-refractivity contribution < 1.29 is 8.78 Å². The average Bonchev–Trinajstić information content (AvgIpc) is 2.25. The molecule has 0 spiro atoms. The topological polar surface area (TPSA) is 48.8 Å². The molecule has 0 heterocycles. The fourth-order valence-corrected chi connectivity index (χ4v) is 1.07. The van der Waals surface area contributed by atoms with Crippen molar-refractivity contribution in [2.24, 2.45) is 5.11 Å².